The highest BCUT2D eigenvalue weighted by atomic mass is 15.4. The molecule has 1 heterocycles. The summed E-state index contributed by atoms with van der Waals surface area (Å²) in [6.45, 7) is 6.19. The highest BCUT2D eigenvalue weighted by Gasteiger charge is 2.05. The Kier molecular flexibility index (Phi) is 5.32. The van der Waals surface area contributed by atoms with Crippen LogP contribution in [0.15, 0.2) is 6.20 Å². The number of hydrogen-bond acceptors (Lipinski definition) is 3. The molecule has 0 atom stereocenters. The summed E-state index contributed by atoms with van der Waals surface area (Å²) in [7, 11) is 0. The SMILES string of the molecule is CC(C)Cc1cnnn1CCCCCN. The molecule has 86 valence electrons. The molecule has 0 unspecified atom stereocenters. The minimum atomic E-state index is 0.659. The van der Waals surface area contributed by atoms with Crippen LogP contribution in [0.1, 0.15) is 38.8 Å². The van der Waals surface area contributed by atoms with Gasteiger partial charge < -0.3 is 5.73 Å². The predicted molar refractivity (Wildman–Crippen MR) is 61.5 cm³/mol. The summed E-state index contributed by atoms with van der Waals surface area (Å²) >= 11 is 0. The quantitative estimate of drug-likeness (QED) is 0.695. The monoisotopic (exact) mass is 210 g/mol. The van der Waals surface area contributed by atoms with Gasteiger partial charge in [-0.3, -0.25) is 0 Å². The van der Waals surface area contributed by atoms with Crippen molar-refractivity contribution in [3.63, 3.8) is 0 Å². The Morgan fingerprint density at radius 1 is 1.33 bits per heavy atom. The van der Waals surface area contributed by atoms with Gasteiger partial charge in [-0.15, -0.1) is 5.10 Å². The first-order valence-electron chi connectivity index (χ1n) is 5.81. The molecule has 1 aromatic rings. The predicted octanol–water partition coefficient (Wildman–Crippen LogP) is 1.61. The van der Waals surface area contributed by atoms with Gasteiger partial charge in [-0.05, 0) is 31.7 Å². The molecule has 0 amide bonds. The fraction of sp³-hybridized carbons (Fsp3) is 0.818. The molecule has 15 heavy (non-hydrogen) atoms. The Hall–Kier alpha value is -0.900. The second-order valence-corrected chi connectivity index (χ2v) is 4.40. The number of aryl methyl sites for hydroxylation is 1. The summed E-state index contributed by atoms with van der Waals surface area (Å²) in [6, 6.07) is 0. The van der Waals surface area contributed by atoms with Crippen molar-refractivity contribution in [2.24, 2.45) is 11.7 Å². The van der Waals surface area contributed by atoms with Crippen LogP contribution in [0.2, 0.25) is 0 Å². The van der Waals surface area contributed by atoms with E-state index in [0.717, 1.165) is 32.4 Å². The van der Waals surface area contributed by atoms with Crippen molar-refractivity contribution >= 4 is 0 Å². The van der Waals surface area contributed by atoms with Crippen LogP contribution in [0.5, 0.6) is 0 Å². The van der Waals surface area contributed by atoms with Crippen molar-refractivity contribution in [1.82, 2.24) is 15.0 Å². The van der Waals surface area contributed by atoms with Gasteiger partial charge in [-0.2, -0.15) is 0 Å². The maximum absolute atomic E-state index is 5.45. The zero-order chi connectivity index (χ0) is 11.1. The Morgan fingerprint density at radius 3 is 2.80 bits per heavy atom. The van der Waals surface area contributed by atoms with Crippen molar-refractivity contribution < 1.29 is 0 Å². The fourth-order valence-corrected chi connectivity index (χ4v) is 1.63. The van der Waals surface area contributed by atoms with Crippen LogP contribution in [0.3, 0.4) is 0 Å². The summed E-state index contributed by atoms with van der Waals surface area (Å²) < 4.78 is 2.02. The van der Waals surface area contributed by atoms with Crippen LogP contribution in [0.4, 0.5) is 0 Å². The van der Waals surface area contributed by atoms with E-state index in [1.807, 2.05) is 10.9 Å². The van der Waals surface area contributed by atoms with Crippen molar-refractivity contribution in [1.29, 1.82) is 0 Å². The molecule has 1 rings (SSSR count). The van der Waals surface area contributed by atoms with Gasteiger partial charge in [0.05, 0.1) is 11.9 Å². The van der Waals surface area contributed by atoms with Gasteiger partial charge in [0.15, 0.2) is 0 Å². The van der Waals surface area contributed by atoms with Crippen LogP contribution < -0.4 is 5.73 Å². The van der Waals surface area contributed by atoms with Crippen LogP contribution in [-0.2, 0) is 13.0 Å². The summed E-state index contributed by atoms with van der Waals surface area (Å²) in [5.74, 6) is 0.659. The number of nitrogens with two attached hydrogens (primary N) is 1. The molecule has 0 aliphatic heterocycles. The zero-order valence-electron chi connectivity index (χ0n) is 9.82. The summed E-state index contributed by atoms with van der Waals surface area (Å²) in [4.78, 5) is 0. The first-order valence-corrected chi connectivity index (χ1v) is 5.81. The molecule has 0 aliphatic rings. The number of rotatable bonds is 7. The first kappa shape index (κ1) is 12.2. The molecule has 0 aromatic carbocycles. The van der Waals surface area contributed by atoms with Crippen molar-refractivity contribution in [3.05, 3.63) is 11.9 Å². The highest BCUT2D eigenvalue weighted by Crippen LogP contribution is 2.07. The standard InChI is InChI=1S/C11H22N4/c1-10(2)8-11-9-13-14-15(11)7-5-3-4-6-12/h9-10H,3-8,12H2,1-2H3. The van der Waals surface area contributed by atoms with Gasteiger partial charge >= 0.3 is 0 Å². The van der Waals surface area contributed by atoms with E-state index in [1.165, 1.54) is 12.1 Å². The normalized spacial score (nSPS) is 11.2. The molecule has 2 N–H and O–H groups in total. The number of nitrogens with zero attached hydrogens (tertiary/aromatic N) is 3. The molecule has 0 aliphatic carbocycles. The second-order valence-electron chi connectivity index (χ2n) is 4.40. The average molecular weight is 210 g/mol. The molecule has 0 spiro atoms. The van der Waals surface area contributed by atoms with Gasteiger partial charge in [0.25, 0.3) is 0 Å². The fourth-order valence-electron chi connectivity index (χ4n) is 1.63. The van der Waals surface area contributed by atoms with Crippen molar-refractivity contribution in [3.8, 4) is 0 Å². The Labute approximate surface area is 91.9 Å². The lowest BCUT2D eigenvalue weighted by atomic mass is 10.1. The van der Waals surface area contributed by atoms with E-state index in [0.29, 0.717) is 5.92 Å². The van der Waals surface area contributed by atoms with Gasteiger partial charge in [-0.25, -0.2) is 4.68 Å². The molecule has 0 bridgehead atoms. The van der Waals surface area contributed by atoms with E-state index in [4.69, 9.17) is 5.73 Å². The van der Waals surface area contributed by atoms with E-state index < -0.39 is 0 Å². The zero-order valence-corrected chi connectivity index (χ0v) is 9.82. The summed E-state index contributed by atoms with van der Waals surface area (Å²) in [6.07, 6.45) is 6.37. The molecule has 4 heteroatoms. The maximum atomic E-state index is 5.45. The Balaban J connectivity index is 2.36. The van der Waals surface area contributed by atoms with Crippen LogP contribution in [0.25, 0.3) is 0 Å². The molecule has 0 saturated carbocycles. The van der Waals surface area contributed by atoms with Crippen molar-refractivity contribution in [2.45, 2.75) is 46.1 Å². The van der Waals surface area contributed by atoms with Gasteiger partial charge in [0.2, 0.25) is 0 Å². The molecular formula is C11H22N4. The van der Waals surface area contributed by atoms with Crippen LogP contribution >= 0.6 is 0 Å². The van der Waals surface area contributed by atoms with Crippen LogP contribution in [0, 0.1) is 5.92 Å². The Bertz CT molecular complexity index is 267. The average Bonchev–Trinajstić information content (AvgIpc) is 2.59. The number of hydrogen-bond donors (Lipinski definition) is 1. The minimum absolute atomic E-state index is 0.659. The third-order valence-electron chi connectivity index (χ3n) is 2.39. The number of unbranched alkanes of at least 4 members (excludes halogenated alkanes) is 2. The molecule has 0 saturated heterocycles. The summed E-state index contributed by atoms with van der Waals surface area (Å²) in [5.41, 5.74) is 6.70. The third-order valence-corrected chi connectivity index (χ3v) is 2.39. The van der Waals surface area contributed by atoms with Gasteiger partial charge in [0, 0.05) is 6.54 Å². The highest BCUT2D eigenvalue weighted by molar-refractivity contribution is 4.94. The first-order chi connectivity index (χ1) is 7.24. The lowest BCUT2D eigenvalue weighted by Gasteiger charge is -2.07. The van der Waals surface area contributed by atoms with E-state index >= 15 is 0 Å². The lowest BCUT2D eigenvalue weighted by molar-refractivity contribution is 0.498. The topological polar surface area (TPSA) is 56.7 Å². The van der Waals surface area contributed by atoms with Crippen LogP contribution in [-0.4, -0.2) is 21.5 Å². The lowest BCUT2D eigenvalue weighted by Crippen LogP contribution is -2.08. The van der Waals surface area contributed by atoms with E-state index in [2.05, 4.69) is 24.2 Å². The minimum Gasteiger partial charge on any atom is -0.330 e. The van der Waals surface area contributed by atoms with Crippen molar-refractivity contribution in [2.75, 3.05) is 6.54 Å². The molecule has 0 radical (unpaired) electrons. The van der Waals surface area contributed by atoms with E-state index in [-0.39, 0.29) is 0 Å². The second kappa shape index (κ2) is 6.56. The van der Waals surface area contributed by atoms with Gasteiger partial charge in [-0.1, -0.05) is 25.5 Å². The molecule has 1 aromatic heterocycles. The number of aromatic nitrogens is 3. The van der Waals surface area contributed by atoms with E-state index in [1.54, 1.807) is 0 Å². The molecule has 4 nitrogen and oxygen atoms in total. The molecular weight excluding hydrogens is 188 g/mol. The molecule has 0 fully saturated rings. The van der Waals surface area contributed by atoms with E-state index in [9.17, 15) is 0 Å². The van der Waals surface area contributed by atoms with Gasteiger partial charge in [0.1, 0.15) is 0 Å². The Morgan fingerprint density at radius 2 is 2.13 bits per heavy atom. The largest absolute Gasteiger partial charge is 0.330 e. The third kappa shape index (κ3) is 4.42. The maximum Gasteiger partial charge on any atom is 0.0725 e. The summed E-state index contributed by atoms with van der Waals surface area (Å²) in [5, 5.41) is 8.06. The smallest absolute Gasteiger partial charge is 0.0725 e.